The van der Waals surface area contributed by atoms with Crippen molar-refractivity contribution in [2.45, 2.75) is 24.3 Å². The van der Waals surface area contributed by atoms with Crippen LogP contribution in [0.4, 0.5) is 0 Å². The average molecular weight is 292 g/mol. The summed E-state index contributed by atoms with van der Waals surface area (Å²) in [7, 11) is 6.34. The Kier molecular flexibility index (Phi) is 7.01. The molecule has 2 radical (unpaired) electrons. The van der Waals surface area contributed by atoms with E-state index in [4.69, 9.17) is 31.3 Å². The molecule has 1 rings (SSSR count). The Hall–Kier alpha value is 0.0949. The third kappa shape index (κ3) is 5.54. The zero-order chi connectivity index (χ0) is 14.5. The fraction of sp³-hybridized carbons (Fsp3) is 1.00. The lowest BCUT2D eigenvalue weighted by Crippen LogP contribution is -2.39. The number of methoxy groups -OCH3 is 2. The molecule has 1 unspecified atom stereocenters. The quantitative estimate of drug-likeness (QED) is 0.368. The van der Waals surface area contributed by atoms with Crippen LogP contribution in [0.25, 0.3) is 0 Å². The smallest absolute Gasteiger partial charge is 0.197 e. The molecule has 0 aromatic carbocycles. The third-order valence-corrected chi connectivity index (χ3v) is 3.40. The fourth-order valence-electron chi connectivity index (χ4n) is 1.93. The summed E-state index contributed by atoms with van der Waals surface area (Å²) in [6, 6.07) is -0.631. The Labute approximate surface area is 115 Å². The topological polar surface area (TPSA) is 63.2 Å². The Balaban J connectivity index is 2.70. The fourth-order valence-corrected chi connectivity index (χ4v) is 2.77. The van der Waals surface area contributed by atoms with E-state index in [0.29, 0.717) is 19.8 Å². The van der Waals surface area contributed by atoms with Crippen LogP contribution >= 0.6 is 7.37 Å². The van der Waals surface area contributed by atoms with Crippen molar-refractivity contribution in [2.24, 2.45) is 0 Å². The standard InChI is InChI=1S/C11H22BO6P/c1-14-5-6-16-10-9(18-19(3,4)13)8(7-15-2)17-11(10)12/h8-11H,5-7H2,1-4H3/t8-,9?,10+,11-/m1/s1. The van der Waals surface area contributed by atoms with Crippen molar-refractivity contribution in [1.29, 1.82) is 0 Å². The van der Waals surface area contributed by atoms with Gasteiger partial charge in [0, 0.05) is 33.6 Å². The highest BCUT2D eigenvalue weighted by Crippen LogP contribution is 2.43. The van der Waals surface area contributed by atoms with Gasteiger partial charge in [0.15, 0.2) is 7.37 Å². The zero-order valence-electron chi connectivity index (χ0n) is 11.9. The Morgan fingerprint density at radius 1 is 1.16 bits per heavy atom. The van der Waals surface area contributed by atoms with Gasteiger partial charge in [0.2, 0.25) is 0 Å². The Morgan fingerprint density at radius 2 is 1.84 bits per heavy atom. The second-order valence-corrected chi connectivity index (χ2v) is 7.46. The van der Waals surface area contributed by atoms with Gasteiger partial charge in [-0.3, -0.25) is 4.57 Å². The molecule has 8 heteroatoms. The molecule has 0 aromatic rings. The van der Waals surface area contributed by atoms with Crippen molar-refractivity contribution in [3.8, 4) is 0 Å². The van der Waals surface area contributed by atoms with Crippen LogP contribution < -0.4 is 0 Å². The van der Waals surface area contributed by atoms with Gasteiger partial charge in [0.1, 0.15) is 26.2 Å². The summed E-state index contributed by atoms with van der Waals surface area (Å²) in [5.74, 6) is 0. The van der Waals surface area contributed by atoms with Crippen molar-refractivity contribution in [2.75, 3.05) is 47.4 Å². The number of hydrogen-bond acceptors (Lipinski definition) is 6. The van der Waals surface area contributed by atoms with Crippen LogP contribution in [0.15, 0.2) is 0 Å². The van der Waals surface area contributed by atoms with Crippen LogP contribution in [0.1, 0.15) is 0 Å². The maximum Gasteiger partial charge on any atom is 0.197 e. The molecule has 0 aromatic heterocycles. The van der Waals surface area contributed by atoms with Crippen molar-refractivity contribution in [1.82, 2.24) is 0 Å². The van der Waals surface area contributed by atoms with Gasteiger partial charge in [-0.05, 0) is 0 Å². The molecular weight excluding hydrogens is 270 g/mol. The number of rotatable bonds is 8. The Bertz CT molecular complexity index is 310. The Morgan fingerprint density at radius 3 is 2.37 bits per heavy atom. The summed E-state index contributed by atoms with van der Waals surface area (Å²) in [4.78, 5) is 0. The van der Waals surface area contributed by atoms with Crippen LogP contribution in [0.3, 0.4) is 0 Å². The summed E-state index contributed by atoms with van der Waals surface area (Å²) < 4.78 is 38.6. The first-order valence-corrected chi connectivity index (χ1v) is 8.65. The van der Waals surface area contributed by atoms with Crippen LogP contribution in [-0.2, 0) is 28.0 Å². The van der Waals surface area contributed by atoms with Crippen molar-refractivity contribution in [3.05, 3.63) is 0 Å². The van der Waals surface area contributed by atoms with Crippen LogP contribution in [0.5, 0.6) is 0 Å². The van der Waals surface area contributed by atoms with E-state index in [2.05, 4.69) is 0 Å². The molecule has 0 amide bonds. The number of ether oxygens (including phenoxy) is 4. The molecule has 4 atom stereocenters. The summed E-state index contributed by atoms with van der Waals surface area (Å²) in [6.07, 6.45) is -1.38. The lowest BCUT2D eigenvalue weighted by atomic mass is 9.93. The molecule has 110 valence electrons. The molecule has 0 bridgehead atoms. The first kappa shape index (κ1) is 17.1. The van der Waals surface area contributed by atoms with E-state index in [1.807, 2.05) is 0 Å². The van der Waals surface area contributed by atoms with Gasteiger partial charge in [-0.15, -0.1) is 0 Å². The van der Waals surface area contributed by atoms with E-state index in [0.717, 1.165) is 0 Å². The van der Waals surface area contributed by atoms with Gasteiger partial charge < -0.3 is 23.5 Å². The van der Waals surface area contributed by atoms with E-state index in [9.17, 15) is 4.57 Å². The molecular formula is C11H22BO6P. The highest BCUT2D eigenvalue weighted by Gasteiger charge is 2.45. The van der Waals surface area contributed by atoms with Gasteiger partial charge >= 0.3 is 0 Å². The summed E-state index contributed by atoms with van der Waals surface area (Å²) in [5, 5.41) is 0. The predicted molar refractivity (Wildman–Crippen MR) is 72.2 cm³/mol. The molecule has 1 heterocycles. The van der Waals surface area contributed by atoms with Gasteiger partial charge in [0.05, 0.1) is 19.8 Å². The predicted octanol–water partition coefficient (Wildman–Crippen LogP) is 0.481. The first-order chi connectivity index (χ1) is 8.89. The molecule has 0 N–H and O–H groups in total. The molecule has 0 aliphatic carbocycles. The van der Waals surface area contributed by atoms with Crippen molar-refractivity contribution in [3.63, 3.8) is 0 Å². The molecule has 1 aliphatic rings. The number of hydrogen-bond donors (Lipinski definition) is 0. The van der Waals surface area contributed by atoms with E-state index >= 15 is 0 Å². The third-order valence-electron chi connectivity index (χ3n) is 2.65. The second-order valence-electron chi connectivity index (χ2n) is 4.74. The van der Waals surface area contributed by atoms with Gasteiger partial charge in [-0.1, -0.05) is 0 Å². The lowest BCUT2D eigenvalue weighted by Gasteiger charge is -2.25. The maximum absolute atomic E-state index is 11.9. The largest absolute Gasteiger partial charge is 0.382 e. The normalized spacial score (nSPS) is 31.8. The first-order valence-electron chi connectivity index (χ1n) is 6.13. The SMILES string of the molecule is [B][C@@H]1O[C@H](COC)C(OP(C)(C)=O)[C@@H]1OCCOC. The van der Waals surface area contributed by atoms with E-state index in [-0.39, 0.29) is 6.10 Å². The van der Waals surface area contributed by atoms with E-state index in [1.165, 1.54) is 0 Å². The molecule has 1 aliphatic heterocycles. The van der Waals surface area contributed by atoms with Crippen LogP contribution in [0, 0.1) is 0 Å². The molecule has 6 nitrogen and oxygen atoms in total. The maximum atomic E-state index is 11.9. The molecule has 0 saturated carbocycles. The average Bonchev–Trinajstić information content (AvgIpc) is 2.56. The second kappa shape index (κ2) is 7.77. The minimum atomic E-state index is -2.68. The van der Waals surface area contributed by atoms with E-state index in [1.54, 1.807) is 27.5 Å². The van der Waals surface area contributed by atoms with Crippen molar-refractivity contribution < 1.29 is 28.0 Å². The highest BCUT2D eigenvalue weighted by atomic mass is 31.2. The molecule has 1 fully saturated rings. The van der Waals surface area contributed by atoms with Crippen LogP contribution in [-0.4, -0.2) is 79.5 Å². The van der Waals surface area contributed by atoms with Gasteiger partial charge in [0.25, 0.3) is 0 Å². The minimum absolute atomic E-state index is 0.308. The monoisotopic (exact) mass is 292 g/mol. The van der Waals surface area contributed by atoms with Crippen molar-refractivity contribution >= 4 is 15.2 Å². The molecule has 1 saturated heterocycles. The summed E-state index contributed by atoms with van der Waals surface area (Å²) >= 11 is 0. The van der Waals surface area contributed by atoms with Gasteiger partial charge in [-0.25, -0.2) is 0 Å². The lowest BCUT2D eigenvalue weighted by molar-refractivity contribution is -0.0321. The summed E-state index contributed by atoms with van der Waals surface area (Å²) in [5.41, 5.74) is 0. The van der Waals surface area contributed by atoms with Crippen LogP contribution in [0.2, 0.25) is 0 Å². The highest BCUT2D eigenvalue weighted by molar-refractivity contribution is 7.57. The molecule has 19 heavy (non-hydrogen) atoms. The van der Waals surface area contributed by atoms with E-state index < -0.39 is 25.6 Å². The minimum Gasteiger partial charge on any atom is -0.382 e. The zero-order valence-corrected chi connectivity index (χ0v) is 12.8. The molecule has 0 spiro atoms. The summed E-state index contributed by atoms with van der Waals surface area (Å²) in [6.45, 7) is 4.22. The van der Waals surface area contributed by atoms with Gasteiger partial charge in [-0.2, -0.15) is 0 Å².